The van der Waals surface area contributed by atoms with Crippen LogP contribution >= 0.6 is 0 Å². The monoisotopic (exact) mass is 246 g/mol. The highest BCUT2D eigenvalue weighted by Gasteiger charge is 2.08. The molecule has 0 aromatic heterocycles. The van der Waals surface area contributed by atoms with Crippen LogP contribution in [0.1, 0.15) is 15.9 Å². The van der Waals surface area contributed by atoms with Gasteiger partial charge in [0.1, 0.15) is 0 Å². The van der Waals surface area contributed by atoms with Crippen LogP contribution in [0.3, 0.4) is 0 Å². The molecule has 0 N–H and O–H groups in total. The fourth-order valence-electron chi connectivity index (χ4n) is 2.35. The van der Waals surface area contributed by atoms with E-state index in [9.17, 15) is 4.79 Å². The summed E-state index contributed by atoms with van der Waals surface area (Å²) in [6.07, 6.45) is 0.450. The van der Waals surface area contributed by atoms with Crippen LogP contribution in [0.25, 0.3) is 10.8 Å². The fraction of sp³-hybridized carbons (Fsp3) is 0.0556. The average Bonchev–Trinajstić information content (AvgIpc) is 2.48. The largest absolute Gasteiger partial charge is 0.294 e. The van der Waals surface area contributed by atoms with E-state index in [4.69, 9.17) is 0 Å². The van der Waals surface area contributed by atoms with E-state index in [1.54, 1.807) is 0 Å². The van der Waals surface area contributed by atoms with Gasteiger partial charge in [-0.2, -0.15) is 0 Å². The Balaban J connectivity index is 1.96. The molecule has 0 heterocycles. The van der Waals surface area contributed by atoms with Gasteiger partial charge in [-0.25, -0.2) is 0 Å². The standard InChI is InChI=1S/C18H14O/c19-18(15-8-2-1-3-9-15)13-16-11-6-10-14-7-4-5-12-17(14)16/h1-12H,13H2. The minimum Gasteiger partial charge on any atom is -0.294 e. The molecule has 0 fully saturated rings. The summed E-state index contributed by atoms with van der Waals surface area (Å²) in [7, 11) is 0. The van der Waals surface area contributed by atoms with Gasteiger partial charge in [-0.05, 0) is 16.3 Å². The normalized spacial score (nSPS) is 10.5. The van der Waals surface area contributed by atoms with E-state index in [1.807, 2.05) is 54.6 Å². The van der Waals surface area contributed by atoms with E-state index in [1.165, 1.54) is 5.39 Å². The zero-order valence-corrected chi connectivity index (χ0v) is 10.5. The van der Waals surface area contributed by atoms with Crippen LogP contribution in [0.15, 0.2) is 72.8 Å². The first kappa shape index (κ1) is 11.7. The highest BCUT2D eigenvalue weighted by atomic mass is 16.1. The van der Waals surface area contributed by atoms with Crippen LogP contribution in [-0.2, 0) is 6.42 Å². The van der Waals surface area contributed by atoms with Crippen LogP contribution in [-0.4, -0.2) is 5.78 Å². The van der Waals surface area contributed by atoms with Crippen LogP contribution in [0.5, 0.6) is 0 Å². The Morgan fingerprint density at radius 2 is 1.42 bits per heavy atom. The fourth-order valence-corrected chi connectivity index (χ4v) is 2.35. The van der Waals surface area contributed by atoms with Gasteiger partial charge in [0.15, 0.2) is 5.78 Å². The molecule has 0 amide bonds. The molecule has 0 atom stereocenters. The molecule has 0 unspecified atom stereocenters. The lowest BCUT2D eigenvalue weighted by molar-refractivity contribution is 0.0993. The van der Waals surface area contributed by atoms with Crippen molar-refractivity contribution < 1.29 is 4.79 Å². The topological polar surface area (TPSA) is 17.1 Å². The summed E-state index contributed by atoms with van der Waals surface area (Å²) < 4.78 is 0. The van der Waals surface area contributed by atoms with Gasteiger partial charge in [0.25, 0.3) is 0 Å². The molecule has 0 radical (unpaired) electrons. The number of ketones is 1. The van der Waals surface area contributed by atoms with Gasteiger partial charge in [0.05, 0.1) is 0 Å². The lowest BCUT2D eigenvalue weighted by Crippen LogP contribution is -2.03. The van der Waals surface area contributed by atoms with Gasteiger partial charge in [-0.3, -0.25) is 4.79 Å². The third-order valence-corrected chi connectivity index (χ3v) is 3.33. The van der Waals surface area contributed by atoms with Gasteiger partial charge in [-0.15, -0.1) is 0 Å². The lowest BCUT2D eigenvalue weighted by Gasteiger charge is -2.06. The Morgan fingerprint density at radius 3 is 2.26 bits per heavy atom. The second-order valence-electron chi connectivity index (χ2n) is 4.60. The number of rotatable bonds is 3. The predicted octanol–water partition coefficient (Wildman–Crippen LogP) is 4.27. The van der Waals surface area contributed by atoms with Crippen molar-refractivity contribution in [3.63, 3.8) is 0 Å². The number of carbonyl (C=O) groups excluding carboxylic acids is 1. The molecular formula is C18H14O. The van der Waals surface area contributed by atoms with Crippen molar-refractivity contribution in [2.75, 3.05) is 0 Å². The molecule has 0 spiro atoms. The Bertz CT molecular complexity index is 709. The van der Waals surface area contributed by atoms with Gasteiger partial charge in [0, 0.05) is 12.0 Å². The molecule has 3 aromatic rings. The first-order valence-electron chi connectivity index (χ1n) is 6.39. The van der Waals surface area contributed by atoms with Crippen LogP contribution in [0.2, 0.25) is 0 Å². The zero-order chi connectivity index (χ0) is 13.1. The molecular weight excluding hydrogens is 232 g/mol. The minimum atomic E-state index is 0.164. The maximum Gasteiger partial charge on any atom is 0.167 e. The third-order valence-electron chi connectivity index (χ3n) is 3.33. The van der Waals surface area contributed by atoms with Crippen LogP contribution in [0.4, 0.5) is 0 Å². The van der Waals surface area contributed by atoms with Crippen molar-refractivity contribution in [1.29, 1.82) is 0 Å². The van der Waals surface area contributed by atoms with Crippen molar-refractivity contribution in [3.8, 4) is 0 Å². The Morgan fingerprint density at radius 1 is 0.737 bits per heavy atom. The summed E-state index contributed by atoms with van der Waals surface area (Å²) >= 11 is 0. The van der Waals surface area contributed by atoms with Crippen molar-refractivity contribution in [2.24, 2.45) is 0 Å². The van der Waals surface area contributed by atoms with Crippen LogP contribution in [0, 0.1) is 0 Å². The number of hydrogen-bond donors (Lipinski definition) is 0. The number of carbonyl (C=O) groups is 1. The third kappa shape index (κ3) is 2.41. The van der Waals surface area contributed by atoms with Gasteiger partial charge in [-0.1, -0.05) is 72.8 Å². The van der Waals surface area contributed by atoms with Gasteiger partial charge < -0.3 is 0 Å². The number of fused-ring (bicyclic) bond motifs is 1. The Labute approximate surface area is 112 Å². The predicted molar refractivity (Wildman–Crippen MR) is 78.4 cm³/mol. The summed E-state index contributed by atoms with van der Waals surface area (Å²) in [6, 6.07) is 23.8. The molecule has 0 aliphatic carbocycles. The Kier molecular flexibility index (Phi) is 3.11. The van der Waals surface area contributed by atoms with Crippen LogP contribution < -0.4 is 0 Å². The second kappa shape index (κ2) is 5.07. The van der Waals surface area contributed by atoms with E-state index < -0.39 is 0 Å². The molecule has 1 nitrogen and oxygen atoms in total. The van der Waals surface area contributed by atoms with Crippen molar-refractivity contribution in [3.05, 3.63) is 83.9 Å². The molecule has 0 saturated carbocycles. The quantitative estimate of drug-likeness (QED) is 0.631. The number of hydrogen-bond acceptors (Lipinski definition) is 1. The lowest BCUT2D eigenvalue weighted by atomic mass is 9.98. The smallest absolute Gasteiger partial charge is 0.167 e. The van der Waals surface area contributed by atoms with Crippen molar-refractivity contribution in [1.82, 2.24) is 0 Å². The summed E-state index contributed by atoms with van der Waals surface area (Å²) in [5.74, 6) is 0.164. The highest BCUT2D eigenvalue weighted by Crippen LogP contribution is 2.20. The van der Waals surface area contributed by atoms with E-state index in [2.05, 4.69) is 18.2 Å². The molecule has 0 saturated heterocycles. The number of benzene rings is 3. The zero-order valence-electron chi connectivity index (χ0n) is 10.5. The molecule has 92 valence electrons. The molecule has 3 rings (SSSR count). The molecule has 0 aliphatic heterocycles. The average molecular weight is 246 g/mol. The Hall–Kier alpha value is -2.41. The van der Waals surface area contributed by atoms with E-state index in [0.29, 0.717) is 6.42 Å². The van der Waals surface area contributed by atoms with Crippen molar-refractivity contribution >= 4 is 16.6 Å². The minimum absolute atomic E-state index is 0.164. The summed E-state index contributed by atoms with van der Waals surface area (Å²) in [4.78, 5) is 12.3. The van der Waals surface area contributed by atoms with Crippen molar-refractivity contribution in [2.45, 2.75) is 6.42 Å². The maximum absolute atomic E-state index is 12.3. The van der Waals surface area contributed by atoms with Gasteiger partial charge >= 0.3 is 0 Å². The number of Topliss-reactive ketones (excluding diaryl/α,β-unsaturated/α-hetero) is 1. The summed E-state index contributed by atoms with van der Waals surface area (Å²) in [5, 5.41) is 2.34. The molecule has 0 bridgehead atoms. The van der Waals surface area contributed by atoms with E-state index in [-0.39, 0.29) is 5.78 Å². The molecule has 0 aliphatic rings. The molecule has 1 heteroatoms. The SMILES string of the molecule is O=C(Cc1cccc2ccccc12)c1ccccc1. The maximum atomic E-state index is 12.3. The first-order chi connectivity index (χ1) is 9.34. The first-order valence-corrected chi connectivity index (χ1v) is 6.39. The van der Waals surface area contributed by atoms with Gasteiger partial charge in [0.2, 0.25) is 0 Å². The summed E-state index contributed by atoms with van der Waals surface area (Å²) in [5.41, 5.74) is 1.86. The summed E-state index contributed by atoms with van der Waals surface area (Å²) in [6.45, 7) is 0. The molecule has 3 aromatic carbocycles. The second-order valence-corrected chi connectivity index (χ2v) is 4.60. The molecule has 19 heavy (non-hydrogen) atoms. The van der Waals surface area contributed by atoms with E-state index in [0.717, 1.165) is 16.5 Å². The van der Waals surface area contributed by atoms with E-state index >= 15 is 0 Å². The highest BCUT2D eigenvalue weighted by molar-refractivity contribution is 6.00.